The SMILES string of the molecule is CN(C#N)CCNC(=O)c1cccc(-c2cccc3cc(C(=O)N[C@@H]4CN5CCC4CC5)oc23)c1. The van der Waals surface area contributed by atoms with Crippen LogP contribution in [-0.2, 0) is 0 Å². The van der Waals surface area contributed by atoms with Crippen LogP contribution >= 0.6 is 0 Å². The summed E-state index contributed by atoms with van der Waals surface area (Å²) in [5.41, 5.74) is 2.80. The maximum atomic E-state index is 13.0. The molecule has 35 heavy (non-hydrogen) atoms. The number of likely N-dealkylation sites (N-methyl/N-ethyl adjacent to an activating group) is 1. The number of furan rings is 1. The van der Waals surface area contributed by atoms with Crippen LogP contribution in [0.5, 0.6) is 0 Å². The van der Waals surface area contributed by atoms with Crippen molar-refractivity contribution < 1.29 is 14.0 Å². The number of benzene rings is 2. The van der Waals surface area contributed by atoms with Gasteiger partial charge in [-0.2, -0.15) is 5.26 Å². The van der Waals surface area contributed by atoms with Crippen LogP contribution in [0.25, 0.3) is 22.1 Å². The molecule has 1 atom stereocenters. The van der Waals surface area contributed by atoms with E-state index in [1.807, 2.05) is 42.6 Å². The molecule has 180 valence electrons. The molecule has 3 aliphatic heterocycles. The summed E-state index contributed by atoms with van der Waals surface area (Å²) in [4.78, 5) is 29.5. The van der Waals surface area contributed by atoms with Gasteiger partial charge in [0.2, 0.25) is 0 Å². The number of hydrogen-bond donors (Lipinski definition) is 2. The molecule has 8 nitrogen and oxygen atoms in total. The third-order valence-corrected chi connectivity index (χ3v) is 7.08. The number of amides is 2. The minimum Gasteiger partial charge on any atom is -0.450 e. The molecular weight excluding hydrogens is 442 g/mol. The highest BCUT2D eigenvalue weighted by Gasteiger charge is 2.35. The highest BCUT2D eigenvalue weighted by molar-refractivity contribution is 6.01. The third kappa shape index (κ3) is 4.86. The Morgan fingerprint density at radius 1 is 1.14 bits per heavy atom. The van der Waals surface area contributed by atoms with Crippen LogP contribution in [0.3, 0.4) is 0 Å². The Morgan fingerprint density at radius 2 is 1.94 bits per heavy atom. The molecule has 2 amide bonds. The molecule has 0 radical (unpaired) electrons. The third-order valence-electron chi connectivity index (χ3n) is 7.08. The van der Waals surface area contributed by atoms with Gasteiger partial charge in [0.25, 0.3) is 11.8 Å². The first-order chi connectivity index (χ1) is 17.0. The average Bonchev–Trinajstić information content (AvgIpc) is 3.34. The van der Waals surface area contributed by atoms with Crippen molar-refractivity contribution in [1.29, 1.82) is 5.26 Å². The van der Waals surface area contributed by atoms with E-state index in [-0.39, 0.29) is 17.9 Å². The number of hydrogen-bond acceptors (Lipinski definition) is 6. The molecule has 3 fully saturated rings. The molecule has 0 saturated carbocycles. The molecule has 3 aliphatic rings. The van der Waals surface area contributed by atoms with Crippen molar-refractivity contribution in [3.63, 3.8) is 0 Å². The van der Waals surface area contributed by atoms with Gasteiger partial charge in [0, 0.05) is 49.2 Å². The topological polar surface area (TPSA) is 102 Å². The summed E-state index contributed by atoms with van der Waals surface area (Å²) in [5, 5.41) is 15.7. The molecule has 1 aromatic heterocycles. The van der Waals surface area contributed by atoms with E-state index in [0.717, 1.165) is 49.0 Å². The van der Waals surface area contributed by atoms with E-state index in [0.29, 0.717) is 35.9 Å². The standard InChI is InChI=1S/C27H29N5O3/c1-31(17-28)13-10-29-26(33)21-6-2-4-19(14-21)22-7-3-5-20-15-24(35-25(20)22)27(34)30-23-16-32-11-8-18(23)9-12-32/h2-7,14-15,18,23H,8-13,16H2,1H3,(H,29,33)(H,30,34)/t23-/m1/s1. The van der Waals surface area contributed by atoms with Gasteiger partial charge in [-0.05, 0) is 55.6 Å². The second kappa shape index (κ2) is 9.80. The smallest absolute Gasteiger partial charge is 0.287 e. The largest absolute Gasteiger partial charge is 0.450 e. The zero-order valence-electron chi connectivity index (χ0n) is 19.8. The molecule has 4 heterocycles. The summed E-state index contributed by atoms with van der Waals surface area (Å²) >= 11 is 0. The van der Waals surface area contributed by atoms with Gasteiger partial charge in [0.15, 0.2) is 12.0 Å². The van der Waals surface area contributed by atoms with Crippen molar-refractivity contribution >= 4 is 22.8 Å². The van der Waals surface area contributed by atoms with Gasteiger partial charge in [-0.25, -0.2) is 0 Å². The van der Waals surface area contributed by atoms with Crippen molar-refractivity contribution in [3.05, 3.63) is 59.9 Å². The predicted octanol–water partition coefficient (Wildman–Crippen LogP) is 3.07. The normalized spacial score (nSPS) is 20.9. The fourth-order valence-corrected chi connectivity index (χ4v) is 5.09. The van der Waals surface area contributed by atoms with Crippen molar-refractivity contribution in [2.24, 2.45) is 5.92 Å². The van der Waals surface area contributed by atoms with Gasteiger partial charge in [-0.1, -0.05) is 30.3 Å². The number of carbonyl (C=O) groups is 2. The number of rotatable bonds is 7. The number of nitrogens with zero attached hydrogens (tertiary/aromatic N) is 3. The Kier molecular flexibility index (Phi) is 6.43. The summed E-state index contributed by atoms with van der Waals surface area (Å²) in [6.07, 6.45) is 4.27. The molecular formula is C27H29N5O3. The molecule has 0 spiro atoms. The Labute approximate surface area is 204 Å². The summed E-state index contributed by atoms with van der Waals surface area (Å²) in [7, 11) is 1.67. The van der Waals surface area contributed by atoms with Crippen molar-refractivity contribution in [1.82, 2.24) is 20.4 Å². The van der Waals surface area contributed by atoms with Crippen LogP contribution in [0.2, 0.25) is 0 Å². The number of fused-ring (bicyclic) bond motifs is 4. The lowest BCUT2D eigenvalue weighted by Gasteiger charge is -2.44. The minimum atomic E-state index is -0.206. The Balaban J connectivity index is 1.34. The second-order valence-electron chi connectivity index (χ2n) is 9.41. The molecule has 2 aromatic carbocycles. The molecule has 6 rings (SSSR count). The molecule has 0 unspecified atom stereocenters. The quantitative estimate of drug-likeness (QED) is 0.406. The number of piperidine rings is 3. The molecule has 8 heteroatoms. The first kappa shape index (κ1) is 22.9. The van der Waals surface area contributed by atoms with Crippen molar-refractivity contribution in [3.8, 4) is 17.3 Å². The maximum Gasteiger partial charge on any atom is 0.287 e. The fourth-order valence-electron chi connectivity index (χ4n) is 5.09. The van der Waals surface area contributed by atoms with Crippen molar-refractivity contribution in [2.45, 2.75) is 18.9 Å². The van der Waals surface area contributed by atoms with E-state index in [4.69, 9.17) is 9.68 Å². The van der Waals surface area contributed by atoms with Crippen LogP contribution in [0, 0.1) is 17.4 Å². The summed E-state index contributed by atoms with van der Waals surface area (Å²) < 4.78 is 6.08. The zero-order valence-corrected chi connectivity index (χ0v) is 19.8. The fraction of sp³-hybridized carbons (Fsp3) is 0.370. The molecule has 3 saturated heterocycles. The van der Waals surface area contributed by atoms with Crippen LogP contribution < -0.4 is 10.6 Å². The molecule has 3 aromatic rings. The van der Waals surface area contributed by atoms with E-state index in [1.54, 1.807) is 19.2 Å². The molecule has 2 bridgehead atoms. The summed E-state index contributed by atoms with van der Waals surface area (Å²) in [6.45, 7) is 3.97. The summed E-state index contributed by atoms with van der Waals surface area (Å²) in [5.74, 6) is 0.459. The summed E-state index contributed by atoms with van der Waals surface area (Å²) in [6, 6.07) is 15.1. The second-order valence-corrected chi connectivity index (χ2v) is 9.41. The van der Waals surface area contributed by atoms with E-state index in [2.05, 4.69) is 15.5 Å². The van der Waals surface area contributed by atoms with E-state index in [9.17, 15) is 9.59 Å². The highest BCUT2D eigenvalue weighted by Crippen LogP contribution is 2.32. The number of carbonyl (C=O) groups excluding carboxylic acids is 2. The maximum absolute atomic E-state index is 13.0. The molecule has 2 N–H and O–H groups in total. The molecule has 0 aliphatic carbocycles. The van der Waals surface area contributed by atoms with E-state index in [1.165, 1.54) is 4.90 Å². The monoisotopic (exact) mass is 471 g/mol. The van der Waals surface area contributed by atoms with Gasteiger partial charge in [-0.15, -0.1) is 0 Å². The lowest BCUT2D eigenvalue weighted by atomic mass is 9.84. The van der Waals surface area contributed by atoms with Crippen LogP contribution in [0.1, 0.15) is 33.8 Å². The van der Waals surface area contributed by atoms with Gasteiger partial charge < -0.3 is 24.9 Å². The van der Waals surface area contributed by atoms with Gasteiger partial charge >= 0.3 is 0 Å². The first-order valence-corrected chi connectivity index (χ1v) is 12.1. The Bertz CT molecular complexity index is 1290. The van der Waals surface area contributed by atoms with Gasteiger partial charge in [0.1, 0.15) is 5.58 Å². The lowest BCUT2D eigenvalue weighted by Crippen LogP contribution is -2.57. The highest BCUT2D eigenvalue weighted by atomic mass is 16.3. The zero-order chi connectivity index (χ0) is 24.4. The number of para-hydroxylation sites is 1. The van der Waals surface area contributed by atoms with Crippen LogP contribution in [-0.4, -0.2) is 67.4 Å². The van der Waals surface area contributed by atoms with Gasteiger partial charge in [0.05, 0.1) is 0 Å². The first-order valence-electron chi connectivity index (χ1n) is 12.1. The minimum absolute atomic E-state index is 0.167. The van der Waals surface area contributed by atoms with Crippen LogP contribution in [0.15, 0.2) is 52.9 Å². The van der Waals surface area contributed by atoms with Crippen LogP contribution in [0.4, 0.5) is 0 Å². The Morgan fingerprint density at radius 3 is 2.69 bits per heavy atom. The van der Waals surface area contributed by atoms with Crippen molar-refractivity contribution in [2.75, 3.05) is 39.8 Å². The predicted molar refractivity (Wildman–Crippen MR) is 133 cm³/mol. The lowest BCUT2D eigenvalue weighted by molar-refractivity contribution is 0.0607. The Hall–Kier alpha value is -3.83. The van der Waals surface area contributed by atoms with E-state index >= 15 is 0 Å². The number of nitriles is 1. The average molecular weight is 472 g/mol. The van der Waals surface area contributed by atoms with Gasteiger partial charge in [-0.3, -0.25) is 9.59 Å². The van der Waals surface area contributed by atoms with E-state index < -0.39 is 0 Å². The number of nitrogens with one attached hydrogen (secondary N) is 2.